The molecule has 0 spiro atoms. The molecule has 5 heteroatoms. The minimum Gasteiger partial charge on any atom is -0.325 e. The van der Waals surface area contributed by atoms with Gasteiger partial charge in [-0.05, 0) is 6.07 Å². The van der Waals surface area contributed by atoms with Crippen molar-refractivity contribution >= 4 is 10.8 Å². The fourth-order valence-corrected chi connectivity index (χ4v) is 1.08. The predicted molar refractivity (Wildman–Crippen MR) is 42.3 cm³/mol. The van der Waals surface area contributed by atoms with Crippen LogP contribution in [0.1, 0.15) is 5.69 Å². The van der Waals surface area contributed by atoms with Crippen LogP contribution < -0.4 is 5.73 Å². The summed E-state index contributed by atoms with van der Waals surface area (Å²) >= 11 is 0. The van der Waals surface area contributed by atoms with E-state index in [0.717, 1.165) is 0 Å². The largest absolute Gasteiger partial charge is 0.325 e. The molecule has 0 radical (unpaired) electrons. The highest BCUT2D eigenvalue weighted by Gasteiger charge is 2.00. The zero-order chi connectivity index (χ0) is 8.27. The lowest BCUT2D eigenvalue weighted by Gasteiger charge is -1.96. The maximum atomic E-state index is 10.9. The number of hydrogen-bond acceptors (Lipinski definition) is 4. The summed E-state index contributed by atoms with van der Waals surface area (Å²) in [5, 5.41) is 0.341. The van der Waals surface area contributed by atoms with Crippen molar-refractivity contribution in [2.24, 2.45) is 5.73 Å². The van der Waals surface area contributed by atoms with Gasteiger partial charge in [0.2, 0.25) is 5.16 Å². The highest BCUT2D eigenvalue weighted by molar-refractivity contribution is 7.84. The van der Waals surface area contributed by atoms with Gasteiger partial charge in [-0.25, -0.2) is 9.97 Å². The molecular formula is C6H9N3OS. The van der Waals surface area contributed by atoms with Crippen molar-refractivity contribution in [3.63, 3.8) is 0 Å². The monoisotopic (exact) mass is 171 g/mol. The molecule has 0 saturated heterocycles. The highest BCUT2D eigenvalue weighted by Crippen LogP contribution is 1.97. The van der Waals surface area contributed by atoms with E-state index in [-0.39, 0.29) is 0 Å². The van der Waals surface area contributed by atoms with Crippen molar-refractivity contribution < 1.29 is 4.21 Å². The van der Waals surface area contributed by atoms with Gasteiger partial charge >= 0.3 is 0 Å². The Morgan fingerprint density at radius 1 is 1.73 bits per heavy atom. The van der Waals surface area contributed by atoms with E-state index < -0.39 is 10.8 Å². The number of aromatic nitrogens is 2. The molecule has 1 atom stereocenters. The fourth-order valence-electron chi connectivity index (χ4n) is 0.628. The Hall–Kier alpha value is -0.810. The van der Waals surface area contributed by atoms with E-state index in [4.69, 9.17) is 5.73 Å². The standard InChI is InChI=1S/C6H9N3OS/c1-11(10)6-8-3-2-5(4-7)9-6/h2-3H,4,7H2,1H3. The van der Waals surface area contributed by atoms with Gasteiger partial charge in [0.1, 0.15) is 0 Å². The van der Waals surface area contributed by atoms with Gasteiger partial charge < -0.3 is 5.73 Å². The molecule has 1 unspecified atom stereocenters. The van der Waals surface area contributed by atoms with Crippen LogP contribution in [0.2, 0.25) is 0 Å². The van der Waals surface area contributed by atoms with E-state index >= 15 is 0 Å². The second-order valence-corrected chi connectivity index (χ2v) is 3.26. The third kappa shape index (κ3) is 2.06. The van der Waals surface area contributed by atoms with Crippen molar-refractivity contribution in [1.82, 2.24) is 9.97 Å². The SMILES string of the molecule is CS(=O)c1nccc(CN)n1. The maximum Gasteiger partial charge on any atom is 0.218 e. The molecular weight excluding hydrogens is 162 g/mol. The van der Waals surface area contributed by atoms with Gasteiger partial charge in [-0.2, -0.15) is 0 Å². The minimum atomic E-state index is -1.12. The summed E-state index contributed by atoms with van der Waals surface area (Å²) in [5.74, 6) is 0. The average Bonchev–Trinajstić information content (AvgIpc) is 2.05. The molecule has 1 aromatic heterocycles. The van der Waals surface area contributed by atoms with Gasteiger partial charge in [-0.15, -0.1) is 0 Å². The molecule has 0 aliphatic heterocycles. The molecule has 0 aliphatic rings. The molecule has 60 valence electrons. The molecule has 0 aromatic carbocycles. The normalized spacial score (nSPS) is 12.9. The molecule has 1 heterocycles. The Kier molecular flexibility index (Phi) is 2.67. The first kappa shape index (κ1) is 8.29. The number of nitrogens with two attached hydrogens (primary N) is 1. The maximum absolute atomic E-state index is 10.9. The summed E-state index contributed by atoms with van der Waals surface area (Å²) in [5.41, 5.74) is 6.04. The molecule has 2 N–H and O–H groups in total. The average molecular weight is 171 g/mol. The van der Waals surface area contributed by atoms with E-state index in [9.17, 15) is 4.21 Å². The second kappa shape index (κ2) is 3.54. The van der Waals surface area contributed by atoms with Crippen LogP contribution in [-0.4, -0.2) is 20.4 Å². The van der Waals surface area contributed by atoms with Gasteiger partial charge in [-0.1, -0.05) is 0 Å². The highest BCUT2D eigenvalue weighted by atomic mass is 32.2. The fraction of sp³-hybridized carbons (Fsp3) is 0.333. The predicted octanol–water partition coefficient (Wildman–Crippen LogP) is -0.327. The molecule has 0 bridgehead atoms. The van der Waals surface area contributed by atoms with Gasteiger partial charge in [-0.3, -0.25) is 4.21 Å². The third-order valence-corrected chi connectivity index (χ3v) is 1.87. The van der Waals surface area contributed by atoms with Crippen molar-refractivity contribution in [3.8, 4) is 0 Å². The van der Waals surface area contributed by atoms with Crippen LogP contribution in [-0.2, 0) is 17.3 Å². The summed E-state index contributed by atoms with van der Waals surface area (Å²) in [6, 6.07) is 1.70. The van der Waals surface area contributed by atoms with E-state index in [1.54, 1.807) is 12.3 Å². The van der Waals surface area contributed by atoms with Crippen molar-refractivity contribution in [1.29, 1.82) is 0 Å². The Morgan fingerprint density at radius 3 is 3.00 bits per heavy atom. The lowest BCUT2D eigenvalue weighted by Crippen LogP contribution is -2.04. The number of hydrogen-bond donors (Lipinski definition) is 1. The zero-order valence-electron chi connectivity index (χ0n) is 6.15. The van der Waals surface area contributed by atoms with Crippen LogP contribution in [0, 0.1) is 0 Å². The summed E-state index contributed by atoms with van der Waals surface area (Å²) < 4.78 is 10.9. The first-order chi connectivity index (χ1) is 5.24. The Bertz CT molecular complexity index is 276. The van der Waals surface area contributed by atoms with Gasteiger partial charge in [0, 0.05) is 19.0 Å². The first-order valence-corrected chi connectivity index (χ1v) is 4.65. The van der Waals surface area contributed by atoms with Gasteiger partial charge in [0.05, 0.1) is 16.5 Å². The van der Waals surface area contributed by atoms with E-state index in [0.29, 0.717) is 17.4 Å². The molecule has 1 aromatic rings. The molecule has 11 heavy (non-hydrogen) atoms. The van der Waals surface area contributed by atoms with Gasteiger partial charge in [0.15, 0.2) is 0 Å². The molecule has 0 amide bonds. The zero-order valence-corrected chi connectivity index (χ0v) is 6.97. The lowest BCUT2D eigenvalue weighted by atomic mass is 10.4. The van der Waals surface area contributed by atoms with E-state index in [2.05, 4.69) is 9.97 Å². The molecule has 4 nitrogen and oxygen atoms in total. The van der Waals surface area contributed by atoms with Crippen molar-refractivity contribution in [2.45, 2.75) is 11.7 Å². The summed E-state index contributed by atoms with van der Waals surface area (Å²) in [6.45, 7) is 0.354. The molecule has 0 saturated carbocycles. The third-order valence-electron chi connectivity index (χ3n) is 1.16. The summed E-state index contributed by atoms with van der Waals surface area (Å²) in [4.78, 5) is 7.77. The van der Waals surface area contributed by atoms with Crippen molar-refractivity contribution in [3.05, 3.63) is 18.0 Å². The summed E-state index contributed by atoms with van der Waals surface area (Å²) in [7, 11) is -1.12. The Balaban J connectivity index is 3.01. The number of rotatable bonds is 2. The lowest BCUT2D eigenvalue weighted by molar-refractivity contribution is 0.678. The van der Waals surface area contributed by atoms with Crippen LogP contribution in [0.5, 0.6) is 0 Å². The van der Waals surface area contributed by atoms with Crippen LogP contribution >= 0.6 is 0 Å². The topological polar surface area (TPSA) is 68.9 Å². The number of nitrogens with zero attached hydrogens (tertiary/aromatic N) is 2. The van der Waals surface area contributed by atoms with Gasteiger partial charge in [0.25, 0.3) is 0 Å². The molecule has 1 rings (SSSR count). The van der Waals surface area contributed by atoms with Crippen LogP contribution in [0.4, 0.5) is 0 Å². The quantitative estimate of drug-likeness (QED) is 0.619. The minimum absolute atomic E-state index is 0.341. The van der Waals surface area contributed by atoms with Crippen LogP contribution in [0.15, 0.2) is 17.4 Å². The second-order valence-electron chi connectivity index (χ2n) is 1.99. The first-order valence-electron chi connectivity index (χ1n) is 3.09. The van der Waals surface area contributed by atoms with Crippen LogP contribution in [0.3, 0.4) is 0 Å². The van der Waals surface area contributed by atoms with Crippen molar-refractivity contribution in [2.75, 3.05) is 6.26 Å². The Labute approximate surface area is 67.3 Å². The van der Waals surface area contributed by atoms with E-state index in [1.807, 2.05) is 0 Å². The molecule has 0 aliphatic carbocycles. The van der Waals surface area contributed by atoms with Crippen LogP contribution in [0.25, 0.3) is 0 Å². The summed E-state index contributed by atoms with van der Waals surface area (Å²) in [6.07, 6.45) is 3.10. The smallest absolute Gasteiger partial charge is 0.218 e. The van der Waals surface area contributed by atoms with E-state index in [1.165, 1.54) is 6.26 Å². The Morgan fingerprint density at radius 2 is 2.45 bits per heavy atom. The molecule has 0 fully saturated rings.